The van der Waals surface area contributed by atoms with Gasteiger partial charge in [0.15, 0.2) is 0 Å². The van der Waals surface area contributed by atoms with E-state index in [1.54, 1.807) is 6.07 Å². The molecule has 4 nitrogen and oxygen atoms in total. The van der Waals surface area contributed by atoms with Crippen molar-refractivity contribution in [2.45, 2.75) is 51.1 Å². The summed E-state index contributed by atoms with van der Waals surface area (Å²) in [5.41, 5.74) is 8.24. The molecule has 1 aromatic rings. The molecule has 19 heavy (non-hydrogen) atoms. The van der Waals surface area contributed by atoms with Crippen LogP contribution in [0.5, 0.6) is 0 Å². The lowest BCUT2D eigenvalue weighted by Crippen LogP contribution is -2.28. The second-order valence-electron chi connectivity index (χ2n) is 5.37. The summed E-state index contributed by atoms with van der Waals surface area (Å²) in [6.07, 6.45) is 1.97. The average molecular weight is 282 g/mol. The molecule has 3 N–H and O–H groups in total. The van der Waals surface area contributed by atoms with Crippen LogP contribution in [0.2, 0.25) is 0 Å². The molecule has 0 heterocycles. The summed E-state index contributed by atoms with van der Waals surface area (Å²) in [6, 6.07) is 3.74. The van der Waals surface area contributed by atoms with Gasteiger partial charge in [0.1, 0.15) is 0 Å². The van der Waals surface area contributed by atoms with E-state index >= 15 is 0 Å². The largest absolute Gasteiger partial charge is 0.326 e. The third-order valence-corrected chi connectivity index (χ3v) is 5.57. The van der Waals surface area contributed by atoms with Gasteiger partial charge in [-0.2, -0.15) is 0 Å². The molecule has 1 aliphatic rings. The first-order valence-corrected chi connectivity index (χ1v) is 8.20. The number of nitrogens with two attached hydrogens (primary N) is 1. The van der Waals surface area contributed by atoms with Crippen LogP contribution in [0.3, 0.4) is 0 Å². The summed E-state index contributed by atoms with van der Waals surface area (Å²) in [4.78, 5) is 0.370. The van der Waals surface area contributed by atoms with Crippen LogP contribution in [0.1, 0.15) is 36.5 Å². The molecule has 1 fully saturated rings. The van der Waals surface area contributed by atoms with E-state index in [4.69, 9.17) is 5.73 Å². The van der Waals surface area contributed by atoms with Crippen LogP contribution in [0.4, 0.5) is 0 Å². The van der Waals surface area contributed by atoms with Crippen molar-refractivity contribution in [1.29, 1.82) is 0 Å². The highest BCUT2D eigenvalue weighted by atomic mass is 32.2. The Morgan fingerprint density at radius 1 is 1.37 bits per heavy atom. The Labute approximate surface area is 115 Å². The van der Waals surface area contributed by atoms with E-state index in [0.29, 0.717) is 17.4 Å². The third kappa shape index (κ3) is 2.99. The maximum absolute atomic E-state index is 12.4. The molecule has 1 aliphatic carbocycles. The van der Waals surface area contributed by atoms with E-state index in [-0.39, 0.29) is 6.04 Å². The number of rotatable bonds is 5. The lowest BCUT2D eigenvalue weighted by Gasteiger charge is -2.13. The van der Waals surface area contributed by atoms with Crippen molar-refractivity contribution < 1.29 is 8.42 Å². The fraction of sp³-hybridized carbons (Fsp3) is 0.571. The number of nitrogens with one attached hydrogen (secondary N) is 1. The van der Waals surface area contributed by atoms with Gasteiger partial charge in [0, 0.05) is 12.6 Å². The zero-order valence-corrected chi connectivity index (χ0v) is 12.5. The Kier molecular flexibility index (Phi) is 3.99. The second-order valence-corrected chi connectivity index (χ2v) is 7.05. The predicted octanol–water partition coefficient (Wildman–Crippen LogP) is 1.84. The Morgan fingerprint density at radius 2 is 2.05 bits per heavy atom. The first kappa shape index (κ1) is 14.5. The predicted molar refractivity (Wildman–Crippen MR) is 76.3 cm³/mol. The zero-order valence-electron chi connectivity index (χ0n) is 11.7. The molecule has 1 saturated carbocycles. The summed E-state index contributed by atoms with van der Waals surface area (Å²) in [5, 5.41) is 0. The lowest BCUT2D eigenvalue weighted by molar-refractivity contribution is 0.575. The topological polar surface area (TPSA) is 72.2 Å². The molecule has 0 saturated heterocycles. The van der Waals surface area contributed by atoms with Crippen LogP contribution in [0.15, 0.2) is 17.0 Å². The van der Waals surface area contributed by atoms with E-state index in [1.165, 1.54) is 0 Å². The van der Waals surface area contributed by atoms with Gasteiger partial charge in [-0.05, 0) is 48.9 Å². The maximum atomic E-state index is 12.4. The van der Waals surface area contributed by atoms with Gasteiger partial charge in [0.2, 0.25) is 10.0 Å². The van der Waals surface area contributed by atoms with Gasteiger partial charge in [-0.3, -0.25) is 0 Å². The highest BCUT2D eigenvalue weighted by molar-refractivity contribution is 7.89. The van der Waals surface area contributed by atoms with E-state index < -0.39 is 10.0 Å². The van der Waals surface area contributed by atoms with Crippen molar-refractivity contribution in [2.75, 3.05) is 0 Å². The van der Waals surface area contributed by atoms with Crippen LogP contribution < -0.4 is 10.5 Å². The lowest BCUT2D eigenvalue weighted by atomic mass is 10.1. The SMILES string of the molecule is CCC1CC1NS(=O)(=O)c1cc(CN)cc(C)c1C. The van der Waals surface area contributed by atoms with Crippen LogP contribution >= 0.6 is 0 Å². The van der Waals surface area contributed by atoms with Gasteiger partial charge < -0.3 is 5.73 Å². The average Bonchev–Trinajstić information content (AvgIpc) is 3.09. The fourth-order valence-electron chi connectivity index (χ4n) is 2.40. The van der Waals surface area contributed by atoms with Gasteiger partial charge in [-0.25, -0.2) is 13.1 Å². The Balaban J connectivity index is 2.32. The molecule has 0 amide bonds. The van der Waals surface area contributed by atoms with Crippen LogP contribution in [0, 0.1) is 19.8 Å². The normalized spacial score (nSPS) is 22.5. The van der Waals surface area contributed by atoms with Crippen molar-refractivity contribution in [1.82, 2.24) is 4.72 Å². The molecule has 106 valence electrons. The first-order valence-electron chi connectivity index (χ1n) is 6.71. The summed E-state index contributed by atoms with van der Waals surface area (Å²) in [5.74, 6) is 0.494. The smallest absolute Gasteiger partial charge is 0.241 e. The number of hydrogen-bond acceptors (Lipinski definition) is 3. The van der Waals surface area contributed by atoms with Gasteiger partial charge >= 0.3 is 0 Å². The molecule has 2 unspecified atom stereocenters. The minimum atomic E-state index is -3.43. The van der Waals surface area contributed by atoms with Gasteiger partial charge in [0.05, 0.1) is 4.90 Å². The maximum Gasteiger partial charge on any atom is 0.241 e. The summed E-state index contributed by atoms with van der Waals surface area (Å²) in [6.45, 7) is 6.20. The zero-order chi connectivity index (χ0) is 14.2. The molecule has 0 radical (unpaired) electrons. The summed E-state index contributed by atoms with van der Waals surface area (Å²) < 4.78 is 27.7. The van der Waals surface area contributed by atoms with Crippen LogP contribution in [0.25, 0.3) is 0 Å². The molecule has 0 spiro atoms. The molecule has 1 aromatic carbocycles. The Hall–Kier alpha value is -0.910. The summed E-state index contributed by atoms with van der Waals surface area (Å²) in [7, 11) is -3.43. The fourth-order valence-corrected chi connectivity index (χ4v) is 4.09. The molecule has 0 aliphatic heterocycles. The van der Waals surface area contributed by atoms with Crippen molar-refractivity contribution in [3.8, 4) is 0 Å². The molecular weight excluding hydrogens is 260 g/mol. The van der Waals surface area contributed by atoms with Crippen molar-refractivity contribution in [2.24, 2.45) is 11.7 Å². The Morgan fingerprint density at radius 3 is 2.58 bits per heavy atom. The minimum Gasteiger partial charge on any atom is -0.326 e. The minimum absolute atomic E-state index is 0.108. The van der Waals surface area contributed by atoms with Crippen molar-refractivity contribution in [3.05, 3.63) is 28.8 Å². The Bertz CT molecular complexity index is 581. The van der Waals surface area contributed by atoms with Crippen LogP contribution in [-0.2, 0) is 16.6 Å². The molecule has 0 bridgehead atoms. The molecule has 5 heteroatoms. The third-order valence-electron chi connectivity index (χ3n) is 3.96. The quantitative estimate of drug-likeness (QED) is 0.865. The second kappa shape index (κ2) is 5.23. The standard InChI is InChI=1S/C14H22N2O2S/c1-4-12-7-13(12)16-19(17,18)14-6-11(8-15)5-9(2)10(14)3/h5-6,12-13,16H,4,7-8,15H2,1-3H3. The van der Waals surface area contributed by atoms with Crippen LogP contribution in [-0.4, -0.2) is 14.5 Å². The van der Waals surface area contributed by atoms with E-state index in [0.717, 1.165) is 29.5 Å². The molecular formula is C14H22N2O2S. The number of aryl methyl sites for hydroxylation is 1. The molecule has 2 atom stereocenters. The highest BCUT2D eigenvalue weighted by Gasteiger charge is 2.39. The monoisotopic (exact) mass is 282 g/mol. The van der Waals surface area contributed by atoms with Gasteiger partial charge in [-0.1, -0.05) is 19.4 Å². The molecule has 2 rings (SSSR count). The van der Waals surface area contributed by atoms with Crippen molar-refractivity contribution in [3.63, 3.8) is 0 Å². The van der Waals surface area contributed by atoms with E-state index in [1.807, 2.05) is 19.9 Å². The van der Waals surface area contributed by atoms with Crippen molar-refractivity contribution >= 4 is 10.0 Å². The van der Waals surface area contributed by atoms with Gasteiger partial charge in [-0.15, -0.1) is 0 Å². The number of benzene rings is 1. The van der Waals surface area contributed by atoms with E-state index in [2.05, 4.69) is 11.6 Å². The highest BCUT2D eigenvalue weighted by Crippen LogP contribution is 2.35. The van der Waals surface area contributed by atoms with Gasteiger partial charge in [0.25, 0.3) is 0 Å². The molecule has 0 aromatic heterocycles. The number of hydrogen-bond donors (Lipinski definition) is 2. The first-order chi connectivity index (χ1) is 8.89. The van der Waals surface area contributed by atoms with E-state index in [9.17, 15) is 8.42 Å². The number of sulfonamides is 1. The summed E-state index contributed by atoms with van der Waals surface area (Å²) >= 11 is 0.